The minimum absolute atomic E-state index is 0.261. The van der Waals surface area contributed by atoms with Crippen molar-refractivity contribution in [2.75, 3.05) is 7.11 Å². The summed E-state index contributed by atoms with van der Waals surface area (Å²) in [7, 11) is 1.35. The molecule has 0 amide bonds. The predicted molar refractivity (Wildman–Crippen MR) is 80.0 cm³/mol. The normalized spacial score (nSPS) is 10.2. The molecule has 0 bridgehead atoms. The van der Waals surface area contributed by atoms with Crippen molar-refractivity contribution in [2.45, 2.75) is 16.7 Å². The van der Waals surface area contributed by atoms with Crippen LogP contribution in [0.15, 0.2) is 52.3 Å². The highest BCUT2D eigenvalue weighted by Crippen LogP contribution is 2.31. The molecule has 5 heteroatoms. The van der Waals surface area contributed by atoms with E-state index in [1.165, 1.54) is 18.9 Å². The first-order chi connectivity index (χ1) is 10.0. The van der Waals surface area contributed by atoms with E-state index in [9.17, 15) is 9.59 Å². The quantitative estimate of drug-likeness (QED) is 0.874. The van der Waals surface area contributed by atoms with Gasteiger partial charge in [-0.2, -0.15) is 0 Å². The van der Waals surface area contributed by atoms with E-state index >= 15 is 0 Å². The van der Waals surface area contributed by atoms with Gasteiger partial charge in [0.05, 0.1) is 18.2 Å². The summed E-state index contributed by atoms with van der Waals surface area (Å²) in [6.45, 7) is 1.92. The van der Waals surface area contributed by atoms with Crippen LogP contribution in [0.1, 0.15) is 26.3 Å². The summed E-state index contributed by atoms with van der Waals surface area (Å²) in [4.78, 5) is 24.2. The Morgan fingerprint density at radius 3 is 2.19 bits per heavy atom. The molecule has 0 aliphatic carbocycles. The predicted octanol–water partition coefficient (Wildman–Crippen LogP) is 3.63. The van der Waals surface area contributed by atoms with Gasteiger partial charge in [-0.15, -0.1) is 0 Å². The van der Waals surface area contributed by atoms with Crippen LogP contribution in [0.4, 0.5) is 0 Å². The number of rotatable bonds is 4. The van der Waals surface area contributed by atoms with Gasteiger partial charge in [0.2, 0.25) is 0 Å². The smallest absolute Gasteiger partial charge is 0.337 e. The Morgan fingerprint density at radius 1 is 1.05 bits per heavy atom. The molecule has 0 fully saturated rings. The summed E-state index contributed by atoms with van der Waals surface area (Å²) >= 11 is 1.52. The fraction of sp³-hybridized carbons (Fsp3) is 0.125. The van der Waals surface area contributed by atoms with Gasteiger partial charge in [-0.1, -0.05) is 11.8 Å². The first kappa shape index (κ1) is 15.1. The van der Waals surface area contributed by atoms with E-state index in [0.29, 0.717) is 5.56 Å². The Morgan fingerprint density at radius 2 is 1.67 bits per heavy atom. The number of benzene rings is 2. The maximum absolute atomic E-state index is 11.5. The van der Waals surface area contributed by atoms with Crippen molar-refractivity contribution in [1.82, 2.24) is 0 Å². The first-order valence-electron chi connectivity index (χ1n) is 6.21. The molecule has 1 N–H and O–H groups in total. The lowest BCUT2D eigenvalue weighted by Gasteiger charge is -2.07. The zero-order valence-corrected chi connectivity index (χ0v) is 12.4. The second-order valence-corrected chi connectivity index (χ2v) is 5.52. The SMILES string of the molecule is COC(=O)c1ccc(Sc2ccc(C(=O)O)cc2)c(C)c1. The van der Waals surface area contributed by atoms with Crippen molar-refractivity contribution in [3.8, 4) is 0 Å². The molecule has 0 aromatic heterocycles. The zero-order valence-electron chi connectivity index (χ0n) is 11.6. The summed E-state index contributed by atoms with van der Waals surface area (Å²) in [6.07, 6.45) is 0. The molecule has 4 nitrogen and oxygen atoms in total. The summed E-state index contributed by atoms with van der Waals surface area (Å²) < 4.78 is 4.68. The van der Waals surface area contributed by atoms with Crippen molar-refractivity contribution in [1.29, 1.82) is 0 Å². The highest BCUT2D eigenvalue weighted by molar-refractivity contribution is 7.99. The van der Waals surface area contributed by atoms with Crippen molar-refractivity contribution in [2.24, 2.45) is 0 Å². The van der Waals surface area contributed by atoms with Gasteiger partial charge in [-0.3, -0.25) is 0 Å². The van der Waals surface area contributed by atoms with Crippen molar-refractivity contribution in [3.63, 3.8) is 0 Å². The molecule has 0 atom stereocenters. The molecule has 0 spiro atoms. The summed E-state index contributed by atoms with van der Waals surface area (Å²) in [6, 6.07) is 12.0. The summed E-state index contributed by atoms with van der Waals surface area (Å²) in [5.41, 5.74) is 1.74. The summed E-state index contributed by atoms with van der Waals surface area (Å²) in [5, 5.41) is 8.86. The molecule has 0 saturated carbocycles. The topological polar surface area (TPSA) is 63.6 Å². The number of carbonyl (C=O) groups excluding carboxylic acids is 1. The van der Waals surface area contributed by atoms with Crippen LogP contribution >= 0.6 is 11.8 Å². The molecule has 0 unspecified atom stereocenters. The molecule has 2 aromatic rings. The third kappa shape index (κ3) is 3.64. The number of methoxy groups -OCH3 is 1. The Bertz CT molecular complexity index is 677. The third-order valence-corrected chi connectivity index (χ3v) is 4.11. The number of hydrogen-bond donors (Lipinski definition) is 1. The second-order valence-electron chi connectivity index (χ2n) is 4.40. The molecule has 0 saturated heterocycles. The van der Waals surface area contributed by atoms with Crippen LogP contribution in [0, 0.1) is 6.92 Å². The van der Waals surface area contributed by atoms with E-state index in [1.807, 2.05) is 13.0 Å². The molecular weight excluding hydrogens is 288 g/mol. The average molecular weight is 302 g/mol. The van der Waals surface area contributed by atoms with Gasteiger partial charge in [0.15, 0.2) is 0 Å². The second kappa shape index (κ2) is 6.45. The van der Waals surface area contributed by atoms with Gasteiger partial charge < -0.3 is 9.84 Å². The fourth-order valence-electron chi connectivity index (χ4n) is 1.80. The standard InChI is InChI=1S/C16H14O4S/c1-10-9-12(16(19)20-2)5-8-14(10)21-13-6-3-11(4-7-13)15(17)18/h3-9H,1-2H3,(H,17,18). The maximum atomic E-state index is 11.5. The number of carboxylic acids is 1. The average Bonchev–Trinajstić information content (AvgIpc) is 2.49. The highest BCUT2D eigenvalue weighted by Gasteiger charge is 2.09. The number of ether oxygens (including phenoxy) is 1. The van der Waals surface area contributed by atoms with Crippen LogP contribution in [-0.2, 0) is 4.74 Å². The first-order valence-corrected chi connectivity index (χ1v) is 7.03. The Hall–Kier alpha value is -2.27. The summed E-state index contributed by atoms with van der Waals surface area (Å²) in [5.74, 6) is -1.30. The van der Waals surface area contributed by atoms with E-state index in [-0.39, 0.29) is 11.5 Å². The molecule has 0 heterocycles. The van der Waals surface area contributed by atoms with Crippen molar-refractivity contribution < 1.29 is 19.4 Å². The minimum Gasteiger partial charge on any atom is -0.478 e. The van der Waals surface area contributed by atoms with Gasteiger partial charge >= 0.3 is 11.9 Å². The molecule has 0 aliphatic rings. The molecule has 21 heavy (non-hydrogen) atoms. The van der Waals surface area contributed by atoms with Gasteiger partial charge in [0, 0.05) is 9.79 Å². The van der Waals surface area contributed by atoms with E-state index in [2.05, 4.69) is 4.74 Å². The van der Waals surface area contributed by atoms with E-state index in [0.717, 1.165) is 15.4 Å². The number of carboxylic acid groups (broad SMARTS) is 1. The number of esters is 1. The lowest BCUT2D eigenvalue weighted by molar-refractivity contribution is 0.0599. The van der Waals surface area contributed by atoms with Crippen LogP contribution < -0.4 is 0 Å². The van der Waals surface area contributed by atoms with Crippen LogP contribution in [0.5, 0.6) is 0 Å². The van der Waals surface area contributed by atoms with E-state index < -0.39 is 5.97 Å². The molecule has 2 rings (SSSR count). The molecule has 2 aromatic carbocycles. The Labute approximate surface area is 126 Å². The van der Waals surface area contributed by atoms with Crippen LogP contribution in [0.25, 0.3) is 0 Å². The monoisotopic (exact) mass is 302 g/mol. The van der Waals surface area contributed by atoms with Gasteiger partial charge in [0.25, 0.3) is 0 Å². The largest absolute Gasteiger partial charge is 0.478 e. The lowest BCUT2D eigenvalue weighted by atomic mass is 10.1. The van der Waals surface area contributed by atoms with Gasteiger partial charge in [0.1, 0.15) is 0 Å². The van der Waals surface area contributed by atoms with E-state index in [1.54, 1.807) is 36.4 Å². The molecule has 108 valence electrons. The fourth-order valence-corrected chi connectivity index (χ4v) is 2.68. The van der Waals surface area contributed by atoms with E-state index in [4.69, 9.17) is 5.11 Å². The minimum atomic E-state index is -0.940. The Balaban J connectivity index is 2.19. The van der Waals surface area contributed by atoms with Crippen LogP contribution in [0.3, 0.4) is 0 Å². The molecule has 0 radical (unpaired) electrons. The molecule has 0 aliphatic heterocycles. The van der Waals surface area contributed by atoms with Gasteiger partial charge in [-0.25, -0.2) is 9.59 Å². The van der Waals surface area contributed by atoms with Crippen molar-refractivity contribution in [3.05, 3.63) is 59.2 Å². The maximum Gasteiger partial charge on any atom is 0.337 e. The number of carbonyl (C=O) groups is 2. The zero-order chi connectivity index (χ0) is 15.4. The van der Waals surface area contributed by atoms with Gasteiger partial charge in [-0.05, 0) is 55.0 Å². The molecular formula is C16H14O4S. The number of hydrogen-bond acceptors (Lipinski definition) is 4. The van der Waals surface area contributed by atoms with Crippen molar-refractivity contribution >= 4 is 23.7 Å². The van der Waals surface area contributed by atoms with Crippen LogP contribution in [-0.4, -0.2) is 24.2 Å². The third-order valence-electron chi connectivity index (χ3n) is 2.93. The lowest BCUT2D eigenvalue weighted by Crippen LogP contribution is -2.01. The number of aryl methyl sites for hydroxylation is 1. The van der Waals surface area contributed by atoms with Crippen LogP contribution in [0.2, 0.25) is 0 Å². The highest BCUT2D eigenvalue weighted by atomic mass is 32.2. The Kier molecular flexibility index (Phi) is 4.65. The number of aromatic carboxylic acids is 1.